The SMILES string of the molecule is C=C(C)C(=O)OCC(C)(C)C(=O)NC. The number of hydrogen-bond acceptors (Lipinski definition) is 3. The van der Waals surface area contributed by atoms with Crippen LogP contribution in [-0.2, 0) is 14.3 Å². The van der Waals surface area contributed by atoms with Gasteiger partial charge in [-0.05, 0) is 20.8 Å². The van der Waals surface area contributed by atoms with Gasteiger partial charge in [0.15, 0.2) is 0 Å². The first-order chi connectivity index (χ1) is 6.31. The highest BCUT2D eigenvalue weighted by atomic mass is 16.5. The number of ether oxygens (including phenoxy) is 1. The average Bonchev–Trinajstić information content (AvgIpc) is 2.12. The van der Waals surface area contributed by atoms with Crippen LogP contribution in [0.3, 0.4) is 0 Å². The molecule has 0 saturated heterocycles. The molecular formula is C10H17NO3. The Hall–Kier alpha value is -1.32. The molecule has 0 heterocycles. The summed E-state index contributed by atoms with van der Waals surface area (Å²) in [6.45, 7) is 8.48. The molecule has 80 valence electrons. The Bertz CT molecular complexity index is 256. The van der Waals surface area contributed by atoms with Gasteiger partial charge in [0.25, 0.3) is 0 Å². The van der Waals surface area contributed by atoms with Gasteiger partial charge in [-0.3, -0.25) is 4.79 Å². The molecule has 0 radical (unpaired) electrons. The molecule has 14 heavy (non-hydrogen) atoms. The van der Waals surface area contributed by atoms with E-state index in [9.17, 15) is 9.59 Å². The monoisotopic (exact) mass is 199 g/mol. The van der Waals surface area contributed by atoms with E-state index >= 15 is 0 Å². The first kappa shape index (κ1) is 12.7. The van der Waals surface area contributed by atoms with Gasteiger partial charge in [0, 0.05) is 12.6 Å². The maximum atomic E-state index is 11.3. The van der Waals surface area contributed by atoms with Crippen molar-refractivity contribution in [3.8, 4) is 0 Å². The van der Waals surface area contributed by atoms with E-state index in [4.69, 9.17) is 4.74 Å². The van der Waals surface area contributed by atoms with Crippen molar-refractivity contribution >= 4 is 11.9 Å². The van der Waals surface area contributed by atoms with Crippen LogP contribution < -0.4 is 5.32 Å². The predicted molar refractivity (Wildman–Crippen MR) is 53.6 cm³/mol. The second-order valence-corrected chi connectivity index (χ2v) is 3.82. The van der Waals surface area contributed by atoms with Gasteiger partial charge in [-0.15, -0.1) is 0 Å². The molecule has 0 bridgehead atoms. The first-order valence-corrected chi connectivity index (χ1v) is 4.36. The zero-order valence-electron chi connectivity index (χ0n) is 9.14. The van der Waals surface area contributed by atoms with E-state index < -0.39 is 11.4 Å². The summed E-state index contributed by atoms with van der Waals surface area (Å²) in [5, 5.41) is 2.51. The third-order valence-corrected chi connectivity index (χ3v) is 1.75. The maximum Gasteiger partial charge on any atom is 0.333 e. The minimum Gasteiger partial charge on any atom is -0.461 e. The molecule has 0 aliphatic rings. The molecule has 0 aromatic heterocycles. The molecule has 4 heteroatoms. The molecule has 1 N–H and O–H groups in total. The van der Waals surface area contributed by atoms with Crippen molar-refractivity contribution in [1.29, 1.82) is 0 Å². The highest BCUT2D eigenvalue weighted by Gasteiger charge is 2.28. The van der Waals surface area contributed by atoms with E-state index in [0.29, 0.717) is 5.57 Å². The summed E-state index contributed by atoms with van der Waals surface area (Å²) >= 11 is 0. The summed E-state index contributed by atoms with van der Waals surface area (Å²) in [6, 6.07) is 0. The lowest BCUT2D eigenvalue weighted by Gasteiger charge is -2.21. The van der Waals surface area contributed by atoms with Crippen molar-refractivity contribution in [3.05, 3.63) is 12.2 Å². The van der Waals surface area contributed by atoms with Gasteiger partial charge in [-0.25, -0.2) is 4.79 Å². The van der Waals surface area contributed by atoms with Gasteiger partial charge in [0.05, 0.1) is 5.41 Å². The lowest BCUT2D eigenvalue weighted by molar-refractivity contribution is -0.145. The normalized spacial score (nSPS) is 10.6. The van der Waals surface area contributed by atoms with E-state index in [1.807, 2.05) is 0 Å². The van der Waals surface area contributed by atoms with Crippen LogP contribution in [0.25, 0.3) is 0 Å². The molecule has 0 saturated carbocycles. The van der Waals surface area contributed by atoms with Gasteiger partial charge in [-0.2, -0.15) is 0 Å². The van der Waals surface area contributed by atoms with E-state index in [1.54, 1.807) is 27.8 Å². The molecule has 0 aliphatic carbocycles. The van der Waals surface area contributed by atoms with Crippen LogP contribution in [0.4, 0.5) is 0 Å². The zero-order chi connectivity index (χ0) is 11.4. The van der Waals surface area contributed by atoms with Crippen molar-refractivity contribution in [3.63, 3.8) is 0 Å². The van der Waals surface area contributed by atoms with Crippen LogP contribution in [0.15, 0.2) is 12.2 Å². The summed E-state index contributed by atoms with van der Waals surface area (Å²) < 4.78 is 4.89. The molecule has 0 aliphatic heterocycles. The van der Waals surface area contributed by atoms with Crippen molar-refractivity contribution in [2.24, 2.45) is 5.41 Å². The molecule has 0 fully saturated rings. The Morgan fingerprint density at radius 2 is 1.93 bits per heavy atom. The topological polar surface area (TPSA) is 55.4 Å². The smallest absolute Gasteiger partial charge is 0.333 e. The summed E-state index contributed by atoms with van der Waals surface area (Å²) in [5.41, 5.74) is -0.377. The van der Waals surface area contributed by atoms with Gasteiger partial charge in [0.2, 0.25) is 5.91 Å². The highest BCUT2D eigenvalue weighted by molar-refractivity contribution is 5.87. The largest absolute Gasteiger partial charge is 0.461 e. The van der Waals surface area contributed by atoms with Gasteiger partial charge in [0.1, 0.15) is 6.61 Å². The lowest BCUT2D eigenvalue weighted by Crippen LogP contribution is -2.38. The van der Waals surface area contributed by atoms with E-state index in [0.717, 1.165) is 0 Å². The molecule has 4 nitrogen and oxygen atoms in total. The van der Waals surface area contributed by atoms with Crippen molar-refractivity contribution in [1.82, 2.24) is 5.32 Å². The fourth-order valence-electron chi connectivity index (χ4n) is 0.773. The number of hydrogen-bond donors (Lipinski definition) is 1. The molecule has 0 spiro atoms. The van der Waals surface area contributed by atoms with Crippen molar-refractivity contribution < 1.29 is 14.3 Å². The average molecular weight is 199 g/mol. The number of amides is 1. The molecule has 0 aromatic carbocycles. The Labute approximate surface area is 84.3 Å². The quantitative estimate of drug-likeness (QED) is 0.540. The van der Waals surface area contributed by atoms with Gasteiger partial charge < -0.3 is 10.1 Å². The summed E-state index contributed by atoms with van der Waals surface area (Å²) in [5.74, 6) is -0.631. The number of rotatable bonds is 4. The van der Waals surface area contributed by atoms with E-state index in [2.05, 4.69) is 11.9 Å². The van der Waals surface area contributed by atoms with Crippen LogP contribution >= 0.6 is 0 Å². The molecule has 0 unspecified atom stereocenters. The zero-order valence-corrected chi connectivity index (χ0v) is 9.14. The number of nitrogens with one attached hydrogen (secondary N) is 1. The first-order valence-electron chi connectivity index (χ1n) is 4.36. The van der Waals surface area contributed by atoms with Gasteiger partial charge >= 0.3 is 5.97 Å². The van der Waals surface area contributed by atoms with E-state index in [-0.39, 0.29) is 12.5 Å². The maximum absolute atomic E-state index is 11.3. The summed E-state index contributed by atoms with van der Waals surface area (Å²) in [7, 11) is 1.55. The van der Waals surface area contributed by atoms with Crippen molar-refractivity contribution in [2.45, 2.75) is 20.8 Å². The van der Waals surface area contributed by atoms with Gasteiger partial charge in [-0.1, -0.05) is 6.58 Å². The molecule has 0 aromatic rings. The van der Waals surface area contributed by atoms with Crippen LogP contribution in [-0.4, -0.2) is 25.5 Å². The number of esters is 1. The number of carbonyl (C=O) groups is 2. The Morgan fingerprint density at radius 3 is 2.29 bits per heavy atom. The minimum atomic E-state index is -0.708. The fourth-order valence-corrected chi connectivity index (χ4v) is 0.773. The summed E-state index contributed by atoms with van der Waals surface area (Å²) in [4.78, 5) is 22.3. The standard InChI is InChI=1S/C10H17NO3/c1-7(2)8(12)14-6-10(3,4)9(13)11-5/h1,6H2,2-5H3,(H,11,13). The highest BCUT2D eigenvalue weighted by Crippen LogP contribution is 2.15. The van der Waals surface area contributed by atoms with Crippen LogP contribution in [0.5, 0.6) is 0 Å². The lowest BCUT2D eigenvalue weighted by atomic mass is 9.94. The molecule has 0 rings (SSSR count). The summed E-state index contributed by atoms with van der Waals surface area (Å²) in [6.07, 6.45) is 0. The third-order valence-electron chi connectivity index (χ3n) is 1.75. The minimum absolute atomic E-state index is 0.0539. The predicted octanol–water partition coefficient (Wildman–Crippen LogP) is 0.878. The van der Waals surface area contributed by atoms with Crippen molar-refractivity contribution in [2.75, 3.05) is 13.7 Å². The van der Waals surface area contributed by atoms with Crippen LogP contribution in [0.2, 0.25) is 0 Å². The molecule has 1 amide bonds. The van der Waals surface area contributed by atoms with Crippen LogP contribution in [0.1, 0.15) is 20.8 Å². The molecular weight excluding hydrogens is 182 g/mol. The number of carbonyl (C=O) groups excluding carboxylic acids is 2. The second-order valence-electron chi connectivity index (χ2n) is 3.82. The Kier molecular flexibility index (Phi) is 4.34. The second kappa shape index (κ2) is 4.79. The third kappa shape index (κ3) is 3.60. The fraction of sp³-hybridized carbons (Fsp3) is 0.600. The molecule has 0 atom stereocenters. The Balaban J connectivity index is 4.18. The Morgan fingerprint density at radius 1 is 1.43 bits per heavy atom. The van der Waals surface area contributed by atoms with Crippen LogP contribution in [0, 0.1) is 5.41 Å². The van der Waals surface area contributed by atoms with E-state index in [1.165, 1.54) is 0 Å².